The number of hydrogen-bond donors (Lipinski definition) is 3. The molecule has 2 heterocycles. The van der Waals surface area contributed by atoms with Crippen molar-refractivity contribution in [2.45, 2.75) is 46.1 Å². The molecule has 0 saturated carbocycles. The Balaban J connectivity index is 1.39. The second-order valence-electron chi connectivity index (χ2n) is 11.0. The van der Waals surface area contributed by atoms with Crippen molar-refractivity contribution in [2.75, 3.05) is 11.5 Å². The number of phenols is 1. The minimum atomic E-state index is -1.68. The van der Waals surface area contributed by atoms with Crippen LogP contribution in [-0.4, -0.2) is 46.8 Å². The van der Waals surface area contributed by atoms with E-state index >= 15 is 0 Å². The first-order valence-electron chi connectivity index (χ1n) is 13.3. The highest BCUT2D eigenvalue weighted by atomic mass is 16.5. The zero-order valence-corrected chi connectivity index (χ0v) is 22.0. The molecule has 0 unspecified atom stereocenters. The first-order chi connectivity index (χ1) is 18.2. The van der Waals surface area contributed by atoms with Crippen molar-refractivity contribution >= 4 is 36.2 Å². The summed E-state index contributed by atoms with van der Waals surface area (Å²) in [5, 5.41) is 29.3. The van der Waals surface area contributed by atoms with Gasteiger partial charge in [0.05, 0.1) is 30.2 Å². The van der Waals surface area contributed by atoms with Crippen LogP contribution in [0.3, 0.4) is 0 Å². The molecule has 2 aromatic carbocycles. The highest BCUT2D eigenvalue weighted by molar-refractivity contribution is 6.58. The van der Waals surface area contributed by atoms with Gasteiger partial charge in [0.1, 0.15) is 5.75 Å². The average Bonchev–Trinajstić information content (AvgIpc) is 3.42. The third-order valence-electron chi connectivity index (χ3n) is 8.21. The maximum atomic E-state index is 13.7. The van der Waals surface area contributed by atoms with Gasteiger partial charge in [-0.1, -0.05) is 61.4 Å². The summed E-state index contributed by atoms with van der Waals surface area (Å²) in [6.45, 7) is 6.71. The Labute approximate surface area is 223 Å². The number of anilines is 1. The number of imide groups is 1. The Hall–Kier alpha value is -3.20. The molecule has 0 aromatic heterocycles. The van der Waals surface area contributed by atoms with Crippen LogP contribution < -0.4 is 10.4 Å². The van der Waals surface area contributed by atoms with Crippen LogP contribution >= 0.6 is 0 Å². The summed E-state index contributed by atoms with van der Waals surface area (Å²) in [5.74, 6) is -1.07. The van der Waals surface area contributed by atoms with Crippen molar-refractivity contribution in [3.8, 4) is 5.75 Å². The average molecular weight is 515 g/mol. The maximum absolute atomic E-state index is 13.7. The number of benzene rings is 2. The monoisotopic (exact) mass is 515 g/mol. The molecule has 1 aliphatic carbocycles. The van der Waals surface area contributed by atoms with E-state index in [2.05, 4.69) is 13.8 Å². The Morgan fingerprint density at radius 3 is 2.58 bits per heavy atom. The van der Waals surface area contributed by atoms with Gasteiger partial charge in [-0.15, -0.1) is 0 Å². The van der Waals surface area contributed by atoms with Gasteiger partial charge in [-0.05, 0) is 61.3 Å². The maximum Gasteiger partial charge on any atom is 0.488 e. The van der Waals surface area contributed by atoms with Crippen molar-refractivity contribution in [1.29, 1.82) is 0 Å². The van der Waals surface area contributed by atoms with Gasteiger partial charge < -0.3 is 19.9 Å². The van der Waals surface area contributed by atoms with Crippen molar-refractivity contribution < 1.29 is 29.5 Å². The van der Waals surface area contributed by atoms with Gasteiger partial charge in [0.2, 0.25) is 11.8 Å². The Kier molecular flexibility index (Phi) is 7.31. The van der Waals surface area contributed by atoms with Gasteiger partial charge in [0, 0.05) is 11.5 Å². The van der Waals surface area contributed by atoms with Gasteiger partial charge in [0.15, 0.2) is 0 Å². The minimum absolute atomic E-state index is 0.115. The lowest BCUT2D eigenvalue weighted by atomic mass is 9.67. The SMILES string of the molecule is C/C(=C\c1ccccc1O)CC[C@H]1OC[C@H]2C1=C(C(C)C)C[C@H]1C(=O)N(c3cccc(B(O)O)c3)C(=O)[C@H]12. The lowest BCUT2D eigenvalue weighted by Crippen LogP contribution is -2.36. The summed E-state index contributed by atoms with van der Waals surface area (Å²) in [7, 11) is -1.68. The molecule has 0 spiro atoms. The number of ether oxygens (including phenoxy) is 1. The molecular formula is C30H34BNO6. The molecule has 2 saturated heterocycles. The van der Waals surface area contributed by atoms with Crippen molar-refractivity contribution in [1.82, 2.24) is 0 Å². The molecule has 7 nitrogen and oxygen atoms in total. The van der Waals surface area contributed by atoms with E-state index in [9.17, 15) is 24.7 Å². The predicted molar refractivity (Wildman–Crippen MR) is 146 cm³/mol. The summed E-state index contributed by atoms with van der Waals surface area (Å²) >= 11 is 0. The highest BCUT2D eigenvalue weighted by Crippen LogP contribution is 2.51. The molecule has 5 rings (SSSR count). The molecule has 3 aliphatic rings. The Morgan fingerprint density at radius 1 is 1.11 bits per heavy atom. The van der Waals surface area contributed by atoms with Crippen molar-refractivity contribution in [2.24, 2.45) is 23.7 Å². The lowest BCUT2D eigenvalue weighted by Gasteiger charge is -2.33. The Morgan fingerprint density at radius 2 is 1.87 bits per heavy atom. The van der Waals surface area contributed by atoms with E-state index in [4.69, 9.17) is 4.74 Å². The molecule has 0 radical (unpaired) electrons. The standard InChI is InChI=1S/C30H34BNO6/c1-17(2)22-15-23-28(30(35)32(29(23)34)21-9-6-8-20(14-21)31(36)37)24-16-38-26(27(22)24)12-11-18(3)13-19-7-4-5-10-25(19)33/h4-10,13-14,17,23-24,26,28,33,36-37H,11-12,15-16H2,1-3H3/b18-13+/t23-,24+,26-,28-/m1/s1. The fourth-order valence-corrected chi connectivity index (χ4v) is 6.34. The van der Waals surface area contributed by atoms with Crippen molar-refractivity contribution in [3.63, 3.8) is 0 Å². The number of phenolic OH excluding ortho intramolecular Hbond substituents is 1. The number of aromatic hydroxyl groups is 1. The first kappa shape index (κ1) is 26.4. The quantitative estimate of drug-likeness (QED) is 0.296. The molecule has 2 amide bonds. The van der Waals surface area contributed by atoms with Gasteiger partial charge in [0.25, 0.3) is 0 Å². The van der Waals surface area contributed by atoms with Crippen LogP contribution in [0.1, 0.15) is 45.6 Å². The van der Waals surface area contributed by atoms with E-state index in [0.29, 0.717) is 18.7 Å². The summed E-state index contributed by atoms with van der Waals surface area (Å²) in [6, 6.07) is 13.6. The van der Waals surface area contributed by atoms with Crippen LogP contribution in [-0.2, 0) is 14.3 Å². The molecule has 38 heavy (non-hydrogen) atoms. The van der Waals surface area contributed by atoms with Crippen LogP contribution in [0.5, 0.6) is 5.75 Å². The molecule has 198 valence electrons. The third-order valence-corrected chi connectivity index (χ3v) is 8.21. The van der Waals surface area contributed by atoms with Crippen LogP contribution in [0.4, 0.5) is 5.69 Å². The fraction of sp³-hybridized carbons (Fsp3) is 0.400. The van der Waals surface area contributed by atoms with Gasteiger partial charge >= 0.3 is 7.12 Å². The molecule has 4 atom stereocenters. The number of hydrogen-bond acceptors (Lipinski definition) is 6. The molecule has 3 N–H and O–H groups in total. The highest BCUT2D eigenvalue weighted by Gasteiger charge is 2.57. The number of para-hydroxylation sites is 1. The molecule has 2 aliphatic heterocycles. The number of nitrogens with zero attached hydrogens (tertiary/aromatic N) is 1. The van der Waals surface area contributed by atoms with Gasteiger partial charge in [-0.25, -0.2) is 0 Å². The van der Waals surface area contributed by atoms with Crippen LogP contribution in [0.25, 0.3) is 6.08 Å². The smallest absolute Gasteiger partial charge is 0.488 e. The van der Waals surface area contributed by atoms with E-state index in [1.165, 1.54) is 22.1 Å². The summed E-state index contributed by atoms with van der Waals surface area (Å²) in [6.07, 6.45) is 3.95. The number of allylic oxidation sites excluding steroid dienone is 2. The topological polar surface area (TPSA) is 107 Å². The molecule has 2 aromatic rings. The zero-order chi connectivity index (χ0) is 27.1. The third kappa shape index (κ3) is 4.72. The number of fused-ring (bicyclic) bond motifs is 3. The zero-order valence-electron chi connectivity index (χ0n) is 22.0. The van der Waals surface area contributed by atoms with E-state index in [1.54, 1.807) is 30.3 Å². The normalized spacial score (nSPS) is 25.3. The second-order valence-corrected chi connectivity index (χ2v) is 11.0. The predicted octanol–water partition coefficient (Wildman–Crippen LogP) is 3.43. The Bertz CT molecular complexity index is 1320. The minimum Gasteiger partial charge on any atom is -0.507 e. The molecular weight excluding hydrogens is 481 g/mol. The van der Waals surface area contributed by atoms with Crippen molar-refractivity contribution in [3.05, 3.63) is 70.8 Å². The number of rotatable bonds is 7. The lowest BCUT2D eigenvalue weighted by molar-refractivity contribution is -0.122. The van der Waals surface area contributed by atoms with Gasteiger partial charge in [-0.3, -0.25) is 14.5 Å². The molecule has 2 fully saturated rings. The summed E-state index contributed by atoms with van der Waals surface area (Å²) in [5.41, 5.74) is 4.90. The van der Waals surface area contributed by atoms with Crippen LogP contribution in [0.2, 0.25) is 0 Å². The number of carbonyl (C=O) groups excluding carboxylic acids is 2. The van der Waals surface area contributed by atoms with E-state index in [0.717, 1.165) is 24.0 Å². The molecule has 0 bridgehead atoms. The van der Waals surface area contributed by atoms with E-state index < -0.39 is 19.0 Å². The molecule has 8 heteroatoms. The van der Waals surface area contributed by atoms with E-state index in [1.807, 2.05) is 25.1 Å². The van der Waals surface area contributed by atoms with Gasteiger partial charge in [-0.2, -0.15) is 0 Å². The van der Waals surface area contributed by atoms with E-state index in [-0.39, 0.29) is 41.0 Å². The first-order valence-corrected chi connectivity index (χ1v) is 13.3. The number of amides is 2. The second kappa shape index (κ2) is 10.5. The summed E-state index contributed by atoms with van der Waals surface area (Å²) < 4.78 is 6.31. The largest absolute Gasteiger partial charge is 0.507 e. The summed E-state index contributed by atoms with van der Waals surface area (Å²) in [4.78, 5) is 28.5. The van der Waals surface area contributed by atoms with Crippen LogP contribution in [0.15, 0.2) is 65.3 Å². The fourth-order valence-electron chi connectivity index (χ4n) is 6.34. The van der Waals surface area contributed by atoms with Crippen LogP contribution in [0, 0.1) is 23.7 Å². The number of carbonyl (C=O) groups is 2.